The van der Waals surface area contributed by atoms with Gasteiger partial charge in [0.15, 0.2) is 22.5 Å². The van der Waals surface area contributed by atoms with Crippen LogP contribution in [0.2, 0.25) is 0 Å². The minimum absolute atomic E-state index is 1.15. The fraction of sp³-hybridized carbons (Fsp3) is 0.545. The van der Waals surface area contributed by atoms with Crippen LogP contribution in [0.5, 0.6) is 0 Å². The number of rotatable bonds is 3. The van der Waals surface area contributed by atoms with Gasteiger partial charge >= 0.3 is 21.1 Å². The third-order valence-corrected chi connectivity index (χ3v) is 3.28. The van der Waals surface area contributed by atoms with Crippen LogP contribution in [-0.2, 0) is 26.8 Å². The molecule has 0 spiro atoms. The highest BCUT2D eigenvalue weighted by Gasteiger charge is 2.44. The number of hydrogen-bond acceptors (Lipinski definition) is 5. The number of aryl methyl sites for hydroxylation is 1. The molecule has 1 aromatic heterocycles. The van der Waals surface area contributed by atoms with Crippen LogP contribution in [0.1, 0.15) is 19.8 Å². The molecule has 15 heteroatoms. The first-order chi connectivity index (χ1) is 11.4. The van der Waals surface area contributed by atoms with Crippen LogP contribution < -0.4 is 4.57 Å². The summed E-state index contributed by atoms with van der Waals surface area (Å²) < 4.78 is 119. The third kappa shape index (κ3) is 12.8. The van der Waals surface area contributed by atoms with Gasteiger partial charge in [-0.05, 0) is 0 Å². The standard InChI is InChI=1S/C9H14N.2CHF3O3S/c1-2-3-7-10-8-5-4-6-9-10;2*2-1(3,4)8(5,6)7/h4-6,8-9H,2-3,7H2,1H3;2*(H,5,6,7)/q+1;;/p-1. The number of pyridine rings is 1. The number of hydrogen-bond donors (Lipinski definition) is 1. The Labute approximate surface area is 145 Å². The van der Waals surface area contributed by atoms with E-state index in [-0.39, 0.29) is 0 Å². The lowest BCUT2D eigenvalue weighted by molar-refractivity contribution is -0.697. The van der Waals surface area contributed by atoms with Crippen molar-refractivity contribution in [2.45, 2.75) is 37.3 Å². The summed E-state index contributed by atoms with van der Waals surface area (Å²) in [7, 11) is -11.9. The Hall–Kier alpha value is -1.45. The summed E-state index contributed by atoms with van der Waals surface area (Å²) in [5.74, 6) is 0. The molecule has 0 unspecified atom stereocenters. The second-order valence-corrected chi connectivity index (χ2v) is 7.07. The van der Waals surface area contributed by atoms with Crippen molar-refractivity contribution in [1.82, 2.24) is 0 Å². The summed E-state index contributed by atoms with van der Waals surface area (Å²) in [4.78, 5) is 0. The summed E-state index contributed by atoms with van der Waals surface area (Å²) in [5, 5.41) is 0. The largest absolute Gasteiger partial charge is 0.741 e. The van der Waals surface area contributed by atoms with Crippen LogP contribution in [-0.4, -0.2) is 37.0 Å². The average Bonchev–Trinajstić information content (AvgIpc) is 2.43. The van der Waals surface area contributed by atoms with Gasteiger partial charge < -0.3 is 4.55 Å². The number of unbranched alkanes of at least 4 members (excludes halogenated alkanes) is 1. The minimum atomic E-state index is -6.09. The van der Waals surface area contributed by atoms with E-state index >= 15 is 0 Å². The van der Waals surface area contributed by atoms with Crippen molar-refractivity contribution in [3.63, 3.8) is 0 Å². The molecule has 0 bridgehead atoms. The highest BCUT2D eigenvalue weighted by Crippen LogP contribution is 2.21. The second kappa shape index (κ2) is 10.6. The lowest BCUT2D eigenvalue weighted by Gasteiger charge is -2.08. The fourth-order valence-electron chi connectivity index (χ4n) is 0.924. The van der Waals surface area contributed by atoms with Gasteiger partial charge in [-0.15, -0.1) is 0 Å². The first-order valence-electron chi connectivity index (χ1n) is 6.43. The van der Waals surface area contributed by atoms with E-state index in [1.807, 2.05) is 6.07 Å². The zero-order valence-electron chi connectivity index (χ0n) is 13.0. The van der Waals surface area contributed by atoms with E-state index in [1.165, 1.54) is 12.8 Å². The smallest absolute Gasteiger partial charge is 0.522 e. The molecule has 0 radical (unpaired) electrons. The molecular weight excluding hydrogens is 420 g/mol. The first-order valence-corrected chi connectivity index (χ1v) is 9.28. The highest BCUT2D eigenvalue weighted by atomic mass is 32.2. The predicted octanol–water partition coefficient (Wildman–Crippen LogP) is 2.22. The highest BCUT2D eigenvalue weighted by molar-refractivity contribution is 7.86. The zero-order chi connectivity index (χ0) is 21.2. The normalized spacial score (nSPS) is 12.3. The van der Waals surface area contributed by atoms with Gasteiger partial charge in [-0.25, -0.2) is 13.0 Å². The van der Waals surface area contributed by atoms with Gasteiger partial charge in [0.2, 0.25) is 0 Å². The quantitative estimate of drug-likeness (QED) is 0.337. The third-order valence-electron chi connectivity index (χ3n) is 2.12. The van der Waals surface area contributed by atoms with Crippen molar-refractivity contribution >= 4 is 20.2 Å². The van der Waals surface area contributed by atoms with Crippen molar-refractivity contribution in [3.8, 4) is 0 Å². The van der Waals surface area contributed by atoms with Crippen LogP contribution in [0.15, 0.2) is 30.6 Å². The van der Waals surface area contributed by atoms with Gasteiger partial charge in [0, 0.05) is 18.6 Å². The maximum absolute atomic E-state index is 10.7. The van der Waals surface area contributed by atoms with Crippen molar-refractivity contribution in [2.24, 2.45) is 0 Å². The van der Waals surface area contributed by atoms with E-state index in [9.17, 15) is 26.3 Å². The summed E-state index contributed by atoms with van der Waals surface area (Å²) in [5.41, 5.74) is -11.2. The number of aromatic nitrogens is 1. The first kappa shape index (κ1) is 26.8. The maximum atomic E-state index is 10.7. The Bertz CT molecular complexity index is 674. The molecule has 0 atom stereocenters. The summed E-state index contributed by atoms with van der Waals surface area (Å²) in [6, 6.07) is 6.17. The predicted molar refractivity (Wildman–Crippen MR) is 74.9 cm³/mol. The molecule has 1 heterocycles. The molecule has 0 aliphatic carbocycles. The van der Waals surface area contributed by atoms with E-state index in [4.69, 9.17) is 25.9 Å². The molecule has 0 amide bonds. The van der Waals surface area contributed by atoms with Gasteiger partial charge in [0.1, 0.15) is 6.54 Å². The SMILES string of the molecule is CCCC[n+]1ccccc1.O=S(=O)(O)C(F)(F)F.O=S(=O)([O-])C(F)(F)F. The van der Waals surface area contributed by atoms with E-state index in [0.717, 1.165) is 6.54 Å². The van der Waals surface area contributed by atoms with E-state index < -0.39 is 31.3 Å². The molecule has 0 aliphatic heterocycles. The molecule has 0 aromatic carbocycles. The molecule has 0 saturated carbocycles. The molecule has 0 saturated heterocycles. The molecular formula is C11H15F6NO6S2. The average molecular weight is 435 g/mol. The monoisotopic (exact) mass is 435 g/mol. The van der Waals surface area contributed by atoms with Crippen LogP contribution >= 0.6 is 0 Å². The second-order valence-electron chi connectivity index (χ2n) is 4.29. The Kier molecular flexibility index (Phi) is 11.0. The molecule has 154 valence electrons. The molecule has 7 nitrogen and oxygen atoms in total. The summed E-state index contributed by atoms with van der Waals surface area (Å²) in [6.07, 6.45) is 6.75. The van der Waals surface area contributed by atoms with Crippen LogP contribution in [0, 0.1) is 0 Å². The molecule has 0 fully saturated rings. The van der Waals surface area contributed by atoms with Crippen LogP contribution in [0.3, 0.4) is 0 Å². The van der Waals surface area contributed by atoms with Gasteiger partial charge in [-0.3, -0.25) is 4.55 Å². The number of nitrogens with zero attached hydrogens (tertiary/aromatic N) is 1. The summed E-state index contributed by atoms with van der Waals surface area (Å²) in [6.45, 7) is 3.36. The van der Waals surface area contributed by atoms with E-state index in [2.05, 4.69) is 36.0 Å². The minimum Gasteiger partial charge on any atom is -0.741 e. The van der Waals surface area contributed by atoms with Crippen molar-refractivity contribution < 1.29 is 56.9 Å². The number of alkyl halides is 6. The number of halogens is 6. The van der Waals surface area contributed by atoms with Crippen molar-refractivity contribution in [2.75, 3.05) is 0 Å². The molecule has 0 aliphatic rings. The van der Waals surface area contributed by atoms with E-state index in [0.29, 0.717) is 0 Å². The van der Waals surface area contributed by atoms with E-state index in [1.54, 1.807) is 0 Å². The lowest BCUT2D eigenvalue weighted by Crippen LogP contribution is -2.31. The molecule has 1 aromatic rings. The fourth-order valence-corrected chi connectivity index (χ4v) is 0.924. The maximum Gasteiger partial charge on any atom is 0.522 e. The Morgan fingerprint density at radius 3 is 1.50 bits per heavy atom. The molecule has 26 heavy (non-hydrogen) atoms. The Morgan fingerprint density at radius 1 is 0.923 bits per heavy atom. The van der Waals surface area contributed by atoms with Gasteiger partial charge in [-0.1, -0.05) is 19.4 Å². The topological polar surface area (TPSA) is 115 Å². The Balaban J connectivity index is 0. The van der Waals surface area contributed by atoms with Crippen molar-refractivity contribution in [1.29, 1.82) is 0 Å². The zero-order valence-corrected chi connectivity index (χ0v) is 14.7. The van der Waals surface area contributed by atoms with Crippen LogP contribution in [0.4, 0.5) is 26.3 Å². The lowest BCUT2D eigenvalue weighted by atomic mass is 10.3. The van der Waals surface area contributed by atoms with Gasteiger partial charge in [0.25, 0.3) is 0 Å². The molecule has 1 rings (SSSR count). The van der Waals surface area contributed by atoms with Gasteiger partial charge in [-0.2, -0.15) is 34.8 Å². The summed E-state index contributed by atoms with van der Waals surface area (Å²) >= 11 is 0. The Morgan fingerprint density at radius 2 is 1.27 bits per heavy atom. The van der Waals surface area contributed by atoms with Crippen molar-refractivity contribution in [3.05, 3.63) is 30.6 Å². The van der Waals surface area contributed by atoms with Gasteiger partial charge in [0.05, 0.1) is 0 Å². The van der Waals surface area contributed by atoms with Crippen LogP contribution in [0.25, 0.3) is 0 Å². The molecule has 1 N–H and O–H groups in total.